The third kappa shape index (κ3) is 70.5. The van der Waals surface area contributed by atoms with Crippen LogP contribution in [0.15, 0.2) is 0 Å². The van der Waals surface area contributed by atoms with Gasteiger partial charge in [-0.25, -0.2) is 9.13 Å². The Hall–Kier alpha value is -1.94. The van der Waals surface area contributed by atoms with Crippen molar-refractivity contribution in [1.29, 1.82) is 0 Å². The fraction of sp³-hybridized carbons (Fsp3) is 0.948. The number of hydrogen-bond acceptors (Lipinski definition) is 15. The number of rotatable bonds is 76. The Morgan fingerprint density at radius 3 is 0.708 bits per heavy atom. The Morgan fingerprint density at radius 1 is 0.281 bits per heavy atom. The van der Waals surface area contributed by atoms with Crippen LogP contribution >= 0.6 is 15.6 Å². The molecule has 0 saturated heterocycles. The monoisotopic (exact) mass is 1410 g/mol. The van der Waals surface area contributed by atoms with E-state index in [0.717, 1.165) is 96.3 Å². The van der Waals surface area contributed by atoms with Crippen molar-refractivity contribution in [3.8, 4) is 0 Å². The second-order valence-corrected chi connectivity index (χ2v) is 31.6. The van der Waals surface area contributed by atoms with Crippen molar-refractivity contribution in [3.05, 3.63) is 0 Å². The predicted molar refractivity (Wildman–Crippen MR) is 391 cm³/mol. The summed E-state index contributed by atoms with van der Waals surface area (Å²) >= 11 is 0. The molecule has 0 spiro atoms. The van der Waals surface area contributed by atoms with Crippen molar-refractivity contribution < 1.29 is 80.2 Å². The quantitative estimate of drug-likeness (QED) is 0.0222. The summed E-state index contributed by atoms with van der Waals surface area (Å²) in [5, 5.41) is 10.6. The Morgan fingerprint density at radius 2 is 0.479 bits per heavy atom. The van der Waals surface area contributed by atoms with Crippen LogP contribution in [-0.2, 0) is 65.4 Å². The molecule has 0 aliphatic heterocycles. The minimum Gasteiger partial charge on any atom is -0.462 e. The van der Waals surface area contributed by atoms with Gasteiger partial charge in [0.25, 0.3) is 0 Å². The molecule has 19 heteroatoms. The van der Waals surface area contributed by atoms with Crippen molar-refractivity contribution >= 4 is 39.5 Å². The molecule has 0 rings (SSSR count). The van der Waals surface area contributed by atoms with Crippen LogP contribution in [0.4, 0.5) is 0 Å². The number of phosphoric acid groups is 2. The number of ether oxygens (including phenoxy) is 4. The molecule has 0 saturated carbocycles. The fourth-order valence-corrected chi connectivity index (χ4v) is 13.4. The van der Waals surface area contributed by atoms with Crippen molar-refractivity contribution in [2.24, 2.45) is 11.8 Å². The van der Waals surface area contributed by atoms with Crippen LogP contribution in [0.5, 0.6) is 0 Å². The average molecular weight is 1410 g/mol. The molecule has 0 bridgehead atoms. The molecule has 0 heterocycles. The average Bonchev–Trinajstić information content (AvgIpc) is 1.16. The number of aliphatic hydroxyl groups is 1. The van der Waals surface area contributed by atoms with Gasteiger partial charge in [0.1, 0.15) is 19.3 Å². The van der Waals surface area contributed by atoms with Gasteiger partial charge in [-0.2, -0.15) is 0 Å². The topological polar surface area (TPSA) is 237 Å². The van der Waals surface area contributed by atoms with E-state index >= 15 is 0 Å². The molecule has 0 aromatic heterocycles. The molecule has 0 fully saturated rings. The van der Waals surface area contributed by atoms with Crippen LogP contribution in [0.2, 0.25) is 0 Å². The first-order valence-corrected chi connectivity index (χ1v) is 43.0. The van der Waals surface area contributed by atoms with E-state index in [2.05, 4.69) is 41.5 Å². The Bertz CT molecular complexity index is 1860. The van der Waals surface area contributed by atoms with Gasteiger partial charge in [-0.1, -0.05) is 350 Å². The van der Waals surface area contributed by atoms with E-state index in [0.29, 0.717) is 37.5 Å². The maximum absolute atomic E-state index is 13.1. The van der Waals surface area contributed by atoms with E-state index in [1.165, 1.54) is 212 Å². The number of esters is 4. The van der Waals surface area contributed by atoms with E-state index in [1.54, 1.807) is 0 Å². The van der Waals surface area contributed by atoms with Crippen LogP contribution in [0.3, 0.4) is 0 Å². The highest BCUT2D eigenvalue weighted by atomic mass is 31.2. The number of carbonyl (C=O) groups is 4. The first-order chi connectivity index (χ1) is 46.4. The number of carbonyl (C=O) groups excluding carboxylic acids is 4. The maximum atomic E-state index is 13.1. The van der Waals surface area contributed by atoms with Crippen molar-refractivity contribution in [3.63, 3.8) is 0 Å². The Balaban J connectivity index is 5.16. The highest BCUT2D eigenvalue weighted by Crippen LogP contribution is 2.45. The Kier molecular flexibility index (Phi) is 67.4. The molecule has 96 heavy (non-hydrogen) atoms. The minimum atomic E-state index is -4.96. The molecule has 0 radical (unpaired) electrons. The first-order valence-electron chi connectivity index (χ1n) is 40.0. The van der Waals surface area contributed by atoms with Gasteiger partial charge in [0, 0.05) is 25.7 Å². The Labute approximate surface area is 588 Å². The lowest BCUT2D eigenvalue weighted by Crippen LogP contribution is -2.30. The minimum absolute atomic E-state index is 0.101. The van der Waals surface area contributed by atoms with E-state index in [9.17, 15) is 43.2 Å². The summed E-state index contributed by atoms with van der Waals surface area (Å²) in [4.78, 5) is 72.7. The maximum Gasteiger partial charge on any atom is 0.472 e. The van der Waals surface area contributed by atoms with Crippen molar-refractivity contribution in [2.45, 2.75) is 419 Å². The second kappa shape index (κ2) is 68.8. The van der Waals surface area contributed by atoms with E-state index < -0.39 is 97.5 Å². The molecular weight excluding hydrogens is 1260 g/mol. The molecular formula is C77H150O17P2. The predicted octanol–water partition coefficient (Wildman–Crippen LogP) is 22.7. The molecule has 0 aromatic carbocycles. The summed E-state index contributed by atoms with van der Waals surface area (Å²) in [6.45, 7) is 9.41. The SMILES string of the molecule is CCCCCCCCCCCCCCCCCCCCCCCCC(=O)O[C@H](COC(=O)CCCCCCCCCCCCCCCCCC)COP(=O)(O)OC[C@@H](O)COP(=O)(O)OC[C@@H](COC(=O)CCCCCCCCC(C)C)OC(=O)CCCCCCCCC(C)C. The molecule has 570 valence electrons. The third-order valence-corrected chi connectivity index (χ3v) is 19.9. The molecule has 5 atom stereocenters. The second-order valence-electron chi connectivity index (χ2n) is 28.7. The highest BCUT2D eigenvalue weighted by molar-refractivity contribution is 7.47. The van der Waals surface area contributed by atoms with Gasteiger partial charge in [0.15, 0.2) is 12.2 Å². The number of hydrogen-bond donors (Lipinski definition) is 3. The van der Waals surface area contributed by atoms with Gasteiger partial charge in [0.2, 0.25) is 0 Å². The summed E-state index contributed by atoms with van der Waals surface area (Å²) in [6.07, 6.45) is 57.5. The zero-order valence-corrected chi connectivity index (χ0v) is 64.5. The largest absolute Gasteiger partial charge is 0.472 e. The summed E-state index contributed by atoms with van der Waals surface area (Å²) < 4.78 is 68.4. The number of phosphoric ester groups is 2. The smallest absolute Gasteiger partial charge is 0.462 e. The molecule has 0 aromatic rings. The van der Waals surface area contributed by atoms with E-state index in [1.807, 2.05) is 0 Å². The van der Waals surface area contributed by atoms with Gasteiger partial charge in [-0.15, -0.1) is 0 Å². The molecule has 3 N–H and O–H groups in total. The lowest BCUT2D eigenvalue weighted by molar-refractivity contribution is -0.161. The number of aliphatic hydroxyl groups excluding tert-OH is 1. The lowest BCUT2D eigenvalue weighted by Gasteiger charge is -2.21. The van der Waals surface area contributed by atoms with Gasteiger partial charge in [-0.3, -0.25) is 37.3 Å². The van der Waals surface area contributed by atoms with E-state index in [4.69, 9.17) is 37.0 Å². The molecule has 17 nitrogen and oxygen atoms in total. The molecule has 0 aliphatic carbocycles. The highest BCUT2D eigenvalue weighted by Gasteiger charge is 2.30. The zero-order chi connectivity index (χ0) is 70.7. The molecule has 0 aliphatic rings. The summed E-state index contributed by atoms with van der Waals surface area (Å²) in [7, 11) is -9.91. The van der Waals surface area contributed by atoms with Crippen LogP contribution < -0.4 is 0 Å². The summed E-state index contributed by atoms with van der Waals surface area (Å²) in [6, 6.07) is 0. The standard InChI is InChI=1S/C77H150O17P2/c1-7-9-11-13-15-17-19-21-23-25-26-27-28-29-30-32-34-36-38-40-49-55-61-76(81)93-72(65-87-74(79)59-53-47-39-37-35-33-31-24-22-20-18-16-14-12-10-8-2)67-91-95(83,84)89-63-71(78)64-90-96(85,86)92-68-73(94-77(82)62-56-50-44-42-46-52-58-70(5)6)66-88-75(80)60-54-48-43-41-45-51-57-69(3)4/h69-73,78H,7-68H2,1-6H3,(H,83,84)(H,85,86)/t71-,72-,73-/m1/s1. The molecule has 0 amide bonds. The van der Waals surface area contributed by atoms with E-state index in [-0.39, 0.29) is 25.7 Å². The van der Waals surface area contributed by atoms with Gasteiger partial charge >= 0.3 is 39.5 Å². The van der Waals surface area contributed by atoms with Gasteiger partial charge in [0.05, 0.1) is 26.4 Å². The molecule has 2 unspecified atom stereocenters. The normalized spacial score (nSPS) is 14.0. The third-order valence-electron chi connectivity index (χ3n) is 18.0. The summed E-state index contributed by atoms with van der Waals surface area (Å²) in [5.41, 5.74) is 0. The zero-order valence-electron chi connectivity index (χ0n) is 62.7. The van der Waals surface area contributed by atoms with Crippen LogP contribution in [0, 0.1) is 11.8 Å². The first kappa shape index (κ1) is 94.1. The summed E-state index contributed by atoms with van der Waals surface area (Å²) in [5.74, 6) is -0.774. The van der Waals surface area contributed by atoms with Gasteiger partial charge < -0.3 is 33.8 Å². The van der Waals surface area contributed by atoms with Gasteiger partial charge in [-0.05, 0) is 37.5 Å². The van der Waals surface area contributed by atoms with Crippen molar-refractivity contribution in [2.75, 3.05) is 39.6 Å². The van der Waals surface area contributed by atoms with Crippen LogP contribution in [0.1, 0.15) is 401 Å². The fourth-order valence-electron chi connectivity index (χ4n) is 11.8. The van der Waals surface area contributed by atoms with Crippen molar-refractivity contribution in [1.82, 2.24) is 0 Å². The van der Waals surface area contributed by atoms with Crippen LogP contribution in [0.25, 0.3) is 0 Å². The number of unbranched alkanes of at least 4 members (excludes halogenated alkanes) is 46. The van der Waals surface area contributed by atoms with Crippen LogP contribution in [-0.4, -0.2) is 96.7 Å². The lowest BCUT2D eigenvalue weighted by atomic mass is 10.0.